The Labute approximate surface area is 238 Å². The Morgan fingerprint density at radius 3 is 2.54 bits per heavy atom. The van der Waals surface area contributed by atoms with E-state index in [0.717, 1.165) is 47.0 Å². The summed E-state index contributed by atoms with van der Waals surface area (Å²) in [6, 6.07) is 13.4. The third-order valence-corrected chi connectivity index (χ3v) is 7.64. The Balaban J connectivity index is 1.19. The fourth-order valence-electron chi connectivity index (χ4n) is 5.20. The molecular formula is C31H34N6O4. The number of likely N-dealkylation sites (tertiary alicyclic amines) is 1. The minimum absolute atomic E-state index is 0.0587. The van der Waals surface area contributed by atoms with Gasteiger partial charge in [-0.2, -0.15) is 15.0 Å². The van der Waals surface area contributed by atoms with E-state index in [9.17, 15) is 9.59 Å². The zero-order valence-electron chi connectivity index (χ0n) is 23.8. The molecule has 0 radical (unpaired) electrons. The first-order valence-electron chi connectivity index (χ1n) is 13.9. The topological polar surface area (TPSA) is 111 Å². The first kappa shape index (κ1) is 26.7. The molecule has 2 aromatic heterocycles. The number of rotatable bonds is 7. The van der Waals surface area contributed by atoms with Gasteiger partial charge in [-0.05, 0) is 88.4 Å². The van der Waals surface area contributed by atoms with Crippen molar-refractivity contribution in [3.05, 3.63) is 77.7 Å². The van der Waals surface area contributed by atoms with E-state index >= 15 is 0 Å². The van der Waals surface area contributed by atoms with Gasteiger partial charge in [0.25, 0.3) is 5.91 Å². The standard InChI is InChI=1S/C31H34N6O4/c1-20-7-8-23(40-19-21-9-15-36(21)29(39)41-30(2,3)4)18-25(20)28(38)35-31(10-11-31)26-16-22(37-33-13-14-34-37)17-27-24(26)6-5-12-32-27/h5-8,12-14,16-18,21H,9-11,15,19H2,1-4H3,(H,35,38)/t21-/m0/s1. The van der Waals surface area contributed by atoms with Crippen LogP contribution in [-0.4, -0.2) is 61.7 Å². The molecule has 212 valence electrons. The number of carbonyl (C=O) groups excluding carboxylic acids is 2. The van der Waals surface area contributed by atoms with E-state index in [2.05, 4.69) is 20.5 Å². The molecule has 1 aliphatic heterocycles. The smallest absolute Gasteiger partial charge is 0.410 e. The molecule has 0 unspecified atom stereocenters. The number of aromatic nitrogens is 4. The molecule has 1 N–H and O–H groups in total. The lowest BCUT2D eigenvalue weighted by Crippen LogP contribution is -2.55. The Kier molecular flexibility index (Phi) is 6.63. The fraction of sp³-hybridized carbons (Fsp3) is 0.387. The molecule has 2 amide bonds. The largest absolute Gasteiger partial charge is 0.491 e. The minimum atomic E-state index is -0.545. The molecule has 1 atom stereocenters. The Morgan fingerprint density at radius 2 is 1.85 bits per heavy atom. The van der Waals surface area contributed by atoms with Crippen molar-refractivity contribution in [1.29, 1.82) is 0 Å². The summed E-state index contributed by atoms with van der Waals surface area (Å²) in [5.41, 5.74) is 2.96. The number of ether oxygens (including phenoxy) is 2. The molecule has 0 bridgehead atoms. The number of benzene rings is 2. The maximum atomic E-state index is 13.7. The van der Waals surface area contributed by atoms with Crippen LogP contribution in [0.5, 0.6) is 5.75 Å². The number of fused-ring (bicyclic) bond motifs is 1. The van der Waals surface area contributed by atoms with Crippen LogP contribution in [0.3, 0.4) is 0 Å². The quantitative estimate of drug-likeness (QED) is 0.345. The molecule has 1 saturated heterocycles. The lowest BCUT2D eigenvalue weighted by atomic mass is 9.97. The lowest BCUT2D eigenvalue weighted by Gasteiger charge is -2.41. The van der Waals surface area contributed by atoms with E-state index in [1.165, 1.54) is 0 Å². The van der Waals surface area contributed by atoms with Crippen molar-refractivity contribution in [2.75, 3.05) is 13.2 Å². The van der Waals surface area contributed by atoms with Gasteiger partial charge in [0.15, 0.2) is 0 Å². The summed E-state index contributed by atoms with van der Waals surface area (Å²) in [5, 5.41) is 12.9. The van der Waals surface area contributed by atoms with Crippen LogP contribution in [-0.2, 0) is 10.3 Å². The van der Waals surface area contributed by atoms with Crippen LogP contribution >= 0.6 is 0 Å². The van der Waals surface area contributed by atoms with Crippen LogP contribution in [0, 0.1) is 6.92 Å². The molecule has 1 saturated carbocycles. The molecule has 2 aromatic carbocycles. The van der Waals surface area contributed by atoms with E-state index in [-0.39, 0.29) is 18.0 Å². The van der Waals surface area contributed by atoms with Gasteiger partial charge in [-0.3, -0.25) is 9.78 Å². The van der Waals surface area contributed by atoms with Crippen molar-refractivity contribution in [2.45, 2.75) is 64.1 Å². The number of carbonyl (C=O) groups is 2. The predicted octanol–water partition coefficient (Wildman–Crippen LogP) is 4.93. The maximum absolute atomic E-state index is 13.7. The Bertz CT molecular complexity index is 1610. The predicted molar refractivity (Wildman–Crippen MR) is 153 cm³/mol. The normalized spacial score (nSPS) is 17.6. The van der Waals surface area contributed by atoms with Gasteiger partial charge in [0.2, 0.25) is 0 Å². The van der Waals surface area contributed by atoms with E-state index in [1.54, 1.807) is 34.4 Å². The number of aryl methyl sites for hydroxylation is 1. The van der Waals surface area contributed by atoms with Gasteiger partial charge < -0.3 is 19.7 Å². The second-order valence-electron chi connectivity index (χ2n) is 11.8. The maximum Gasteiger partial charge on any atom is 0.410 e. The van der Waals surface area contributed by atoms with Crippen molar-refractivity contribution >= 4 is 22.9 Å². The van der Waals surface area contributed by atoms with Gasteiger partial charge >= 0.3 is 6.09 Å². The lowest BCUT2D eigenvalue weighted by molar-refractivity contribution is -0.0141. The molecule has 4 aromatic rings. The van der Waals surface area contributed by atoms with Gasteiger partial charge in [0, 0.05) is 23.7 Å². The van der Waals surface area contributed by atoms with Crippen LogP contribution in [0.25, 0.3) is 16.6 Å². The van der Waals surface area contributed by atoms with Gasteiger partial charge in [0.05, 0.1) is 35.2 Å². The minimum Gasteiger partial charge on any atom is -0.491 e. The van der Waals surface area contributed by atoms with E-state index in [4.69, 9.17) is 9.47 Å². The molecule has 41 heavy (non-hydrogen) atoms. The summed E-state index contributed by atoms with van der Waals surface area (Å²) in [7, 11) is 0. The van der Waals surface area contributed by atoms with Gasteiger partial charge in [-0.25, -0.2) is 4.79 Å². The summed E-state index contributed by atoms with van der Waals surface area (Å²) in [6.07, 6.45) is 7.17. The van der Waals surface area contributed by atoms with E-state index in [1.807, 2.05) is 64.1 Å². The second kappa shape index (κ2) is 10.2. The number of hydrogen-bond donors (Lipinski definition) is 1. The van der Waals surface area contributed by atoms with Crippen molar-refractivity contribution in [3.63, 3.8) is 0 Å². The van der Waals surface area contributed by atoms with E-state index < -0.39 is 11.1 Å². The average Bonchev–Trinajstić information content (AvgIpc) is 3.46. The molecule has 0 spiro atoms. The number of amides is 2. The van der Waals surface area contributed by atoms with Crippen LogP contribution in [0.2, 0.25) is 0 Å². The highest BCUT2D eigenvalue weighted by Crippen LogP contribution is 2.48. The van der Waals surface area contributed by atoms with Gasteiger partial charge in [-0.15, -0.1) is 0 Å². The highest BCUT2D eigenvalue weighted by atomic mass is 16.6. The Hall–Kier alpha value is -4.47. The van der Waals surface area contributed by atoms with Crippen LogP contribution < -0.4 is 10.1 Å². The molecule has 10 nitrogen and oxygen atoms in total. The first-order chi connectivity index (χ1) is 19.6. The molecule has 1 aliphatic carbocycles. The molecule has 2 fully saturated rings. The zero-order chi connectivity index (χ0) is 28.8. The summed E-state index contributed by atoms with van der Waals surface area (Å²) in [4.78, 5) is 34.0. The third kappa shape index (κ3) is 5.46. The summed E-state index contributed by atoms with van der Waals surface area (Å²) in [5.74, 6) is 0.423. The molecule has 6 rings (SSSR count). The fourth-order valence-corrected chi connectivity index (χ4v) is 5.20. The number of pyridine rings is 1. The van der Waals surface area contributed by atoms with E-state index in [0.29, 0.717) is 24.5 Å². The van der Waals surface area contributed by atoms with Crippen LogP contribution in [0.15, 0.2) is 61.1 Å². The van der Waals surface area contributed by atoms with Crippen molar-refractivity contribution < 1.29 is 19.1 Å². The van der Waals surface area contributed by atoms with Gasteiger partial charge in [-0.1, -0.05) is 12.1 Å². The molecule has 3 heterocycles. The van der Waals surface area contributed by atoms with Crippen molar-refractivity contribution in [1.82, 2.24) is 30.2 Å². The summed E-state index contributed by atoms with van der Waals surface area (Å²) >= 11 is 0. The van der Waals surface area contributed by atoms with Crippen molar-refractivity contribution in [2.24, 2.45) is 0 Å². The number of nitrogens with one attached hydrogen (secondary N) is 1. The highest BCUT2D eigenvalue weighted by molar-refractivity contribution is 5.97. The zero-order valence-corrected chi connectivity index (χ0v) is 23.8. The second-order valence-corrected chi connectivity index (χ2v) is 11.8. The van der Waals surface area contributed by atoms with Crippen molar-refractivity contribution in [3.8, 4) is 11.4 Å². The Morgan fingerprint density at radius 1 is 1.07 bits per heavy atom. The summed E-state index contributed by atoms with van der Waals surface area (Å²) < 4.78 is 11.6. The molecular weight excluding hydrogens is 520 g/mol. The van der Waals surface area contributed by atoms with Crippen LogP contribution in [0.1, 0.15) is 61.5 Å². The number of nitrogens with zero attached hydrogens (tertiary/aromatic N) is 5. The van der Waals surface area contributed by atoms with Crippen LogP contribution in [0.4, 0.5) is 4.79 Å². The molecule has 2 aliphatic rings. The number of hydrogen-bond acceptors (Lipinski definition) is 7. The SMILES string of the molecule is Cc1ccc(OC[C@@H]2CCN2C(=O)OC(C)(C)C)cc1C(=O)NC1(c2cc(-n3nccn3)cc3ncccc23)CC1. The third-order valence-electron chi connectivity index (χ3n) is 7.64. The monoisotopic (exact) mass is 554 g/mol. The summed E-state index contributed by atoms with van der Waals surface area (Å²) in [6.45, 7) is 8.46. The highest BCUT2D eigenvalue weighted by Gasteiger charge is 2.47. The van der Waals surface area contributed by atoms with Gasteiger partial charge in [0.1, 0.15) is 18.0 Å². The average molecular weight is 555 g/mol. The molecule has 10 heteroatoms. The first-order valence-corrected chi connectivity index (χ1v) is 13.9.